The molecular formula is C15H7Cl2FN4. The van der Waals surface area contributed by atoms with Gasteiger partial charge in [0, 0.05) is 10.9 Å². The maximum atomic E-state index is 13.0. The van der Waals surface area contributed by atoms with Gasteiger partial charge in [-0.2, -0.15) is 4.52 Å². The SMILES string of the molecule is Fc1ccc(-c2nc3c4cccc(Cl)c4nc(Cl)n3n2)cc1. The van der Waals surface area contributed by atoms with Crippen molar-refractivity contribution in [3.05, 3.63) is 58.6 Å². The normalized spacial score (nSPS) is 11.4. The molecule has 2 aromatic carbocycles. The van der Waals surface area contributed by atoms with Crippen LogP contribution in [0.5, 0.6) is 0 Å². The molecule has 0 aliphatic heterocycles. The summed E-state index contributed by atoms with van der Waals surface area (Å²) in [6.45, 7) is 0. The zero-order valence-corrected chi connectivity index (χ0v) is 12.5. The predicted molar refractivity (Wildman–Crippen MR) is 83.7 cm³/mol. The Kier molecular flexibility index (Phi) is 2.99. The first-order valence-electron chi connectivity index (χ1n) is 6.40. The number of hydrogen-bond acceptors (Lipinski definition) is 3. The van der Waals surface area contributed by atoms with Crippen LogP contribution in [0.4, 0.5) is 4.39 Å². The van der Waals surface area contributed by atoms with Crippen LogP contribution < -0.4 is 0 Å². The molecule has 0 aliphatic carbocycles. The number of hydrogen-bond donors (Lipinski definition) is 0. The monoisotopic (exact) mass is 332 g/mol. The molecular weight excluding hydrogens is 326 g/mol. The topological polar surface area (TPSA) is 43.1 Å². The molecule has 108 valence electrons. The van der Waals surface area contributed by atoms with Gasteiger partial charge in [0.25, 0.3) is 0 Å². The Morgan fingerprint density at radius 2 is 1.73 bits per heavy atom. The van der Waals surface area contributed by atoms with Gasteiger partial charge < -0.3 is 0 Å². The van der Waals surface area contributed by atoms with E-state index in [9.17, 15) is 4.39 Å². The molecule has 2 heterocycles. The van der Waals surface area contributed by atoms with Crippen LogP contribution in [0, 0.1) is 5.82 Å². The summed E-state index contributed by atoms with van der Waals surface area (Å²) in [5.41, 5.74) is 1.81. The summed E-state index contributed by atoms with van der Waals surface area (Å²) in [6.07, 6.45) is 0. The largest absolute Gasteiger partial charge is 0.226 e. The van der Waals surface area contributed by atoms with E-state index in [0.717, 1.165) is 5.39 Å². The molecule has 7 heteroatoms. The van der Waals surface area contributed by atoms with Crippen molar-refractivity contribution >= 4 is 39.8 Å². The van der Waals surface area contributed by atoms with Gasteiger partial charge in [-0.05, 0) is 48.0 Å². The molecule has 0 saturated heterocycles. The smallest absolute Gasteiger partial charge is 0.216 e. The molecule has 0 atom stereocenters. The molecule has 2 aromatic heterocycles. The van der Waals surface area contributed by atoms with Crippen molar-refractivity contribution in [1.82, 2.24) is 19.6 Å². The van der Waals surface area contributed by atoms with Crippen LogP contribution in [0.2, 0.25) is 10.3 Å². The van der Waals surface area contributed by atoms with Gasteiger partial charge in [0.1, 0.15) is 5.82 Å². The van der Waals surface area contributed by atoms with E-state index in [0.29, 0.717) is 27.6 Å². The van der Waals surface area contributed by atoms with E-state index < -0.39 is 0 Å². The number of nitrogens with zero attached hydrogens (tertiary/aromatic N) is 4. The van der Waals surface area contributed by atoms with Crippen LogP contribution in [0.25, 0.3) is 27.9 Å². The van der Waals surface area contributed by atoms with Gasteiger partial charge in [0.15, 0.2) is 11.5 Å². The van der Waals surface area contributed by atoms with Crippen LogP contribution >= 0.6 is 23.2 Å². The van der Waals surface area contributed by atoms with Crippen LogP contribution in [-0.2, 0) is 0 Å². The Hall–Kier alpha value is -2.24. The molecule has 0 radical (unpaired) electrons. The summed E-state index contributed by atoms with van der Waals surface area (Å²) in [4.78, 5) is 8.75. The van der Waals surface area contributed by atoms with Crippen molar-refractivity contribution in [1.29, 1.82) is 0 Å². The maximum absolute atomic E-state index is 13.0. The van der Waals surface area contributed by atoms with Crippen molar-refractivity contribution in [2.24, 2.45) is 0 Å². The highest BCUT2D eigenvalue weighted by atomic mass is 35.5. The second-order valence-corrected chi connectivity index (χ2v) is 5.44. The lowest BCUT2D eigenvalue weighted by Crippen LogP contribution is -1.95. The summed E-state index contributed by atoms with van der Waals surface area (Å²) >= 11 is 12.3. The molecule has 0 fully saturated rings. The highest BCUT2D eigenvalue weighted by Gasteiger charge is 2.14. The highest BCUT2D eigenvalue weighted by molar-refractivity contribution is 6.36. The summed E-state index contributed by atoms with van der Waals surface area (Å²) in [5.74, 6) is 0.126. The number of aromatic nitrogens is 4. The molecule has 0 spiro atoms. The van der Waals surface area contributed by atoms with E-state index in [4.69, 9.17) is 23.2 Å². The Balaban J connectivity index is 2.04. The first-order chi connectivity index (χ1) is 10.6. The van der Waals surface area contributed by atoms with Gasteiger partial charge in [-0.3, -0.25) is 0 Å². The van der Waals surface area contributed by atoms with Gasteiger partial charge >= 0.3 is 0 Å². The van der Waals surface area contributed by atoms with Gasteiger partial charge in [-0.1, -0.05) is 17.7 Å². The summed E-state index contributed by atoms with van der Waals surface area (Å²) < 4.78 is 14.5. The van der Waals surface area contributed by atoms with Crippen molar-refractivity contribution in [3.8, 4) is 11.4 Å². The molecule has 0 unspecified atom stereocenters. The Labute approximate surface area is 134 Å². The van der Waals surface area contributed by atoms with Crippen LogP contribution in [0.3, 0.4) is 0 Å². The van der Waals surface area contributed by atoms with Gasteiger partial charge in [-0.15, -0.1) is 5.10 Å². The zero-order valence-electron chi connectivity index (χ0n) is 11.0. The maximum Gasteiger partial charge on any atom is 0.226 e. The molecule has 0 saturated carbocycles. The van der Waals surface area contributed by atoms with E-state index in [-0.39, 0.29) is 11.1 Å². The fourth-order valence-electron chi connectivity index (χ4n) is 2.29. The summed E-state index contributed by atoms with van der Waals surface area (Å²) in [5, 5.41) is 5.74. The van der Waals surface area contributed by atoms with Crippen LogP contribution in [0.15, 0.2) is 42.5 Å². The highest BCUT2D eigenvalue weighted by Crippen LogP contribution is 2.28. The Bertz CT molecular complexity index is 1010. The average molecular weight is 333 g/mol. The zero-order chi connectivity index (χ0) is 15.3. The predicted octanol–water partition coefficient (Wildman–Crippen LogP) is 4.39. The van der Waals surface area contributed by atoms with Gasteiger partial charge in [-0.25, -0.2) is 14.4 Å². The number of rotatable bonds is 1. The number of halogens is 3. The van der Waals surface area contributed by atoms with Crippen molar-refractivity contribution in [3.63, 3.8) is 0 Å². The minimum Gasteiger partial charge on any atom is -0.216 e. The number of fused-ring (bicyclic) bond motifs is 3. The van der Waals surface area contributed by atoms with Crippen LogP contribution in [0.1, 0.15) is 0 Å². The third-order valence-corrected chi connectivity index (χ3v) is 3.87. The average Bonchev–Trinajstić information content (AvgIpc) is 2.95. The van der Waals surface area contributed by atoms with Gasteiger partial charge in [0.05, 0.1) is 10.5 Å². The van der Waals surface area contributed by atoms with Crippen molar-refractivity contribution in [2.45, 2.75) is 0 Å². The molecule has 22 heavy (non-hydrogen) atoms. The lowest BCUT2D eigenvalue weighted by molar-refractivity contribution is 0.628. The summed E-state index contributed by atoms with van der Waals surface area (Å²) in [7, 11) is 0. The van der Waals surface area contributed by atoms with Gasteiger partial charge in [0.2, 0.25) is 5.28 Å². The van der Waals surface area contributed by atoms with Crippen molar-refractivity contribution < 1.29 is 4.39 Å². The number of para-hydroxylation sites is 1. The molecule has 4 nitrogen and oxygen atoms in total. The molecule has 4 rings (SSSR count). The number of benzene rings is 2. The minimum absolute atomic E-state index is 0.163. The minimum atomic E-state index is -0.315. The van der Waals surface area contributed by atoms with E-state index in [1.54, 1.807) is 18.2 Å². The first kappa shape index (κ1) is 13.4. The fourth-order valence-corrected chi connectivity index (χ4v) is 2.70. The molecule has 0 amide bonds. The second kappa shape index (κ2) is 4.90. The standard InChI is InChI=1S/C15H7Cl2FN4/c16-11-3-1-2-10-12(11)19-15(17)22-14(10)20-13(21-22)8-4-6-9(18)7-5-8/h1-7H. The van der Waals surface area contributed by atoms with E-state index in [2.05, 4.69) is 15.1 Å². The molecule has 0 N–H and O–H groups in total. The third-order valence-electron chi connectivity index (χ3n) is 3.32. The third kappa shape index (κ3) is 2.01. The lowest BCUT2D eigenvalue weighted by Gasteiger charge is -2.02. The quantitative estimate of drug-likeness (QED) is 0.485. The van der Waals surface area contributed by atoms with Crippen LogP contribution in [-0.4, -0.2) is 19.6 Å². The van der Waals surface area contributed by atoms with Crippen molar-refractivity contribution in [2.75, 3.05) is 0 Å². The Morgan fingerprint density at radius 3 is 2.50 bits per heavy atom. The van der Waals surface area contributed by atoms with E-state index >= 15 is 0 Å². The van der Waals surface area contributed by atoms with E-state index in [1.165, 1.54) is 16.6 Å². The Morgan fingerprint density at radius 1 is 0.955 bits per heavy atom. The lowest BCUT2D eigenvalue weighted by atomic mass is 10.2. The first-order valence-corrected chi connectivity index (χ1v) is 7.15. The molecule has 0 bridgehead atoms. The van der Waals surface area contributed by atoms with E-state index in [1.807, 2.05) is 12.1 Å². The fraction of sp³-hybridized carbons (Fsp3) is 0. The molecule has 4 aromatic rings. The second-order valence-electron chi connectivity index (χ2n) is 4.69. The summed E-state index contributed by atoms with van der Waals surface area (Å²) in [6, 6.07) is 11.3. The molecule has 0 aliphatic rings.